The first-order chi connectivity index (χ1) is 16.2. The zero-order chi connectivity index (χ0) is 26.0. The van der Waals surface area contributed by atoms with Gasteiger partial charge in [0.15, 0.2) is 6.10 Å². The normalized spacial score (nSPS) is 12.8. The number of carbonyl (C=O) groups is 1. The number of nitrogens with zero attached hydrogens (tertiary/aromatic N) is 2. The van der Waals surface area contributed by atoms with Crippen molar-refractivity contribution < 1.29 is 45.4 Å². The molecule has 0 radical (unpaired) electrons. The average molecular weight is 505 g/mol. The Bertz CT molecular complexity index is 1270. The fourth-order valence-corrected chi connectivity index (χ4v) is 2.81. The van der Waals surface area contributed by atoms with Gasteiger partial charge >= 0.3 is 12.5 Å². The lowest BCUT2D eigenvalue weighted by Gasteiger charge is -2.16. The molecule has 2 aromatic carbocycles. The molecule has 0 bridgehead atoms. The summed E-state index contributed by atoms with van der Waals surface area (Å²) in [5.41, 5.74) is -2.05. The van der Waals surface area contributed by atoms with Gasteiger partial charge in [0.25, 0.3) is 11.5 Å². The molecule has 0 saturated heterocycles. The highest BCUT2D eigenvalue weighted by molar-refractivity contribution is 5.94. The van der Waals surface area contributed by atoms with Gasteiger partial charge in [-0.15, -0.1) is 13.2 Å². The molecule has 2 N–H and O–H groups in total. The molecule has 35 heavy (non-hydrogen) atoms. The van der Waals surface area contributed by atoms with Crippen LogP contribution >= 0.6 is 0 Å². The van der Waals surface area contributed by atoms with E-state index in [1.807, 2.05) is 0 Å². The zero-order valence-electron chi connectivity index (χ0n) is 17.2. The Balaban J connectivity index is 2.05. The SMILES string of the molecule is O=C(NC[C@H](O)C(F)(F)F)c1cc(-c2ccc(OC(F)(F)F)cc2)nn(-c2cccc(F)c2)c1=O. The molecule has 0 spiro atoms. The third-order valence-electron chi connectivity index (χ3n) is 4.43. The molecule has 1 amide bonds. The van der Waals surface area contributed by atoms with E-state index < -0.39 is 53.8 Å². The predicted octanol–water partition coefficient (Wildman–Crippen LogP) is 3.59. The van der Waals surface area contributed by atoms with Crippen LogP contribution in [0.1, 0.15) is 10.4 Å². The maximum Gasteiger partial charge on any atom is 0.573 e. The lowest BCUT2D eigenvalue weighted by molar-refractivity contribution is -0.274. The second-order valence-corrected chi connectivity index (χ2v) is 6.98. The number of hydrogen-bond donors (Lipinski definition) is 2. The summed E-state index contributed by atoms with van der Waals surface area (Å²) < 4.78 is 92.8. The number of rotatable bonds is 6. The van der Waals surface area contributed by atoms with Gasteiger partial charge in [-0.05, 0) is 48.5 Å². The summed E-state index contributed by atoms with van der Waals surface area (Å²) in [6, 6.07) is 9.45. The van der Waals surface area contributed by atoms with Gasteiger partial charge in [-0.2, -0.15) is 23.0 Å². The minimum absolute atomic E-state index is 0.0917. The number of aromatic nitrogens is 2. The number of carbonyl (C=O) groups excluding carboxylic acids is 1. The number of amides is 1. The summed E-state index contributed by atoms with van der Waals surface area (Å²) in [7, 11) is 0. The molecule has 0 aliphatic heterocycles. The van der Waals surface area contributed by atoms with Crippen molar-refractivity contribution in [3.05, 3.63) is 76.3 Å². The van der Waals surface area contributed by atoms with Gasteiger partial charge in [-0.3, -0.25) is 9.59 Å². The molecular weight excluding hydrogens is 491 g/mol. The standard InChI is InChI=1S/C21H14F7N3O4/c22-12-2-1-3-13(8-12)31-19(34)15(18(33)29-10-17(32)20(23,24)25)9-16(30-31)11-4-6-14(7-5-11)35-21(26,27)28/h1-9,17,32H,10H2,(H,29,33)/t17-/m0/s1. The third-order valence-corrected chi connectivity index (χ3v) is 4.43. The second kappa shape index (κ2) is 9.74. The number of halogens is 7. The van der Waals surface area contributed by atoms with E-state index in [0.29, 0.717) is 4.68 Å². The maximum atomic E-state index is 13.7. The van der Waals surface area contributed by atoms with Crippen LogP contribution < -0.4 is 15.6 Å². The fraction of sp³-hybridized carbons (Fsp3) is 0.190. The van der Waals surface area contributed by atoms with Gasteiger partial charge in [0.2, 0.25) is 0 Å². The van der Waals surface area contributed by atoms with Gasteiger partial charge in [0, 0.05) is 5.56 Å². The molecule has 0 aliphatic carbocycles. The summed E-state index contributed by atoms with van der Waals surface area (Å²) >= 11 is 0. The maximum absolute atomic E-state index is 13.7. The van der Waals surface area contributed by atoms with Gasteiger partial charge in [-0.1, -0.05) is 6.07 Å². The van der Waals surface area contributed by atoms with E-state index in [1.165, 1.54) is 12.1 Å². The smallest absolute Gasteiger partial charge is 0.406 e. The van der Waals surface area contributed by atoms with Crippen LogP contribution in [0.15, 0.2) is 59.4 Å². The van der Waals surface area contributed by atoms with Crippen LogP contribution in [-0.4, -0.2) is 46.0 Å². The molecule has 14 heteroatoms. The van der Waals surface area contributed by atoms with Crippen molar-refractivity contribution >= 4 is 5.91 Å². The summed E-state index contributed by atoms with van der Waals surface area (Å²) in [6.45, 7) is -1.26. The Labute approximate surface area is 191 Å². The van der Waals surface area contributed by atoms with E-state index in [2.05, 4.69) is 9.84 Å². The molecule has 0 saturated carbocycles. The largest absolute Gasteiger partial charge is 0.573 e. The molecule has 3 aromatic rings. The minimum atomic E-state index is -5.03. The number of nitrogens with one attached hydrogen (secondary N) is 1. The molecule has 0 fully saturated rings. The molecule has 0 aliphatic rings. The van der Waals surface area contributed by atoms with E-state index in [4.69, 9.17) is 5.11 Å². The zero-order valence-corrected chi connectivity index (χ0v) is 17.2. The summed E-state index contributed by atoms with van der Waals surface area (Å²) in [6.07, 6.45) is -12.9. The predicted molar refractivity (Wildman–Crippen MR) is 106 cm³/mol. The number of ether oxygens (including phenoxy) is 1. The number of alkyl halides is 6. The Kier molecular flexibility index (Phi) is 7.14. The van der Waals surface area contributed by atoms with Gasteiger partial charge in [0.05, 0.1) is 17.9 Å². The van der Waals surface area contributed by atoms with Crippen LogP contribution in [-0.2, 0) is 0 Å². The molecule has 186 valence electrons. The van der Waals surface area contributed by atoms with E-state index in [9.17, 15) is 40.3 Å². The van der Waals surface area contributed by atoms with Gasteiger partial charge in [-0.25, -0.2) is 4.39 Å². The Morgan fingerprint density at radius 2 is 1.71 bits per heavy atom. The highest BCUT2D eigenvalue weighted by atomic mass is 19.4. The lowest BCUT2D eigenvalue weighted by atomic mass is 10.1. The van der Waals surface area contributed by atoms with Crippen molar-refractivity contribution in [1.29, 1.82) is 0 Å². The van der Waals surface area contributed by atoms with Crippen LogP contribution in [0.2, 0.25) is 0 Å². The van der Waals surface area contributed by atoms with Gasteiger partial charge in [0.1, 0.15) is 17.1 Å². The van der Waals surface area contributed by atoms with Crippen molar-refractivity contribution in [3.63, 3.8) is 0 Å². The minimum Gasteiger partial charge on any atom is -0.406 e. The topological polar surface area (TPSA) is 93.4 Å². The Morgan fingerprint density at radius 1 is 1.06 bits per heavy atom. The summed E-state index contributed by atoms with van der Waals surface area (Å²) in [5, 5.41) is 14.9. The van der Waals surface area contributed by atoms with Crippen molar-refractivity contribution in [1.82, 2.24) is 15.1 Å². The second-order valence-electron chi connectivity index (χ2n) is 6.98. The van der Waals surface area contributed by atoms with Crippen LogP contribution in [0.4, 0.5) is 30.7 Å². The lowest BCUT2D eigenvalue weighted by Crippen LogP contribution is -2.42. The molecular formula is C21H14F7N3O4. The Hall–Kier alpha value is -3.94. The number of aliphatic hydroxyl groups excluding tert-OH is 1. The first kappa shape index (κ1) is 25.7. The molecule has 3 rings (SSSR count). The first-order valence-corrected chi connectivity index (χ1v) is 9.54. The third kappa shape index (κ3) is 6.56. The Morgan fingerprint density at radius 3 is 2.29 bits per heavy atom. The molecule has 1 aromatic heterocycles. The highest BCUT2D eigenvalue weighted by Crippen LogP contribution is 2.26. The van der Waals surface area contributed by atoms with E-state index in [1.54, 1.807) is 5.32 Å². The average Bonchev–Trinajstić information content (AvgIpc) is 2.76. The summed E-state index contributed by atoms with van der Waals surface area (Å²) in [4.78, 5) is 25.3. The van der Waals surface area contributed by atoms with Crippen molar-refractivity contribution in [2.75, 3.05) is 6.54 Å². The van der Waals surface area contributed by atoms with Crippen LogP contribution in [0, 0.1) is 5.82 Å². The number of aliphatic hydroxyl groups is 1. The van der Waals surface area contributed by atoms with E-state index in [0.717, 1.165) is 42.5 Å². The van der Waals surface area contributed by atoms with Gasteiger partial charge < -0.3 is 15.2 Å². The van der Waals surface area contributed by atoms with Crippen LogP contribution in [0.5, 0.6) is 5.75 Å². The monoisotopic (exact) mass is 505 g/mol. The van der Waals surface area contributed by atoms with E-state index >= 15 is 0 Å². The molecule has 7 nitrogen and oxygen atoms in total. The van der Waals surface area contributed by atoms with Crippen LogP contribution in [0.3, 0.4) is 0 Å². The van der Waals surface area contributed by atoms with Crippen LogP contribution in [0.25, 0.3) is 16.9 Å². The molecule has 0 unspecified atom stereocenters. The van der Waals surface area contributed by atoms with Crippen molar-refractivity contribution in [2.45, 2.75) is 18.6 Å². The fourth-order valence-electron chi connectivity index (χ4n) is 2.81. The number of benzene rings is 2. The quantitative estimate of drug-likeness (QED) is 0.500. The van der Waals surface area contributed by atoms with Crippen molar-refractivity contribution in [3.8, 4) is 22.7 Å². The molecule has 1 atom stereocenters. The molecule has 1 heterocycles. The van der Waals surface area contributed by atoms with Crippen molar-refractivity contribution in [2.24, 2.45) is 0 Å². The first-order valence-electron chi connectivity index (χ1n) is 9.54. The summed E-state index contributed by atoms with van der Waals surface area (Å²) in [5.74, 6) is -2.64. The number of hydrogen-bond acceptors (Lipinski definition) is 5. The van der Waals surface area contributed by atoms with E-state index in [-0.39, 0.29) is 16.9 Å². The highest BCUT2D eigenvalue weighted by Gasteiger charge is 2.38.